The van der Waals surface area contributed by atoms with Gasteiger partial charge in [0.05, 0.1) is 0 Å². The van der Waals surface area contributed by atoms with E-state index in [0.717, 1.165) is 28.1 Å². The van der Waals surface area contributed by atoms with Gasteiger partial charge in [0, 0.05) is 16.9 Å². The first kappa shape index (κ1) is 15.6. The summed E-state index contributed by atoms with van der Waals surface area (Å²) in [5.74, 6) is -0.167. The van der Waals surface area contributed by atoms with Gasteiger partial charge in [-0.2, -0.15) is 16.6 Å². The van der Waals surface area contributed by atoms with Gasteiger partial charge in [0.15, 0.2) is 0 Å². The number of ether oxygens (including phenoxy) is 1. The molecule has 1 aliphatic rings. The van der Waals surface area contributed by atoms with Crippen molar-refractivity contribution in [1.82, 2.24) is 4.98 Å². The van der Waals surface area contributed by atoms with Crippen molar-refractivity contribution >= 4 is 22.9 Å². The van der Waals surface area contributed by atoms with Gasteiger partial charge in [-0.25, -0.2) is 0 Å². The number of nitriles is 1. The van der Waals surface area contributed by atoms with Crippen LogP contribution in [0.5, 0.6) is 0 Å². The zero-order valence-corrected chi connectivity index (χ0v) is 14.3. The standard InChI is InChI=1S/C19H15N3O2S/c1-19(13-6-7-25-11-13)15-8-12(16-5-3-14(9-20)21-16)2-4-17(15)22-18(23)10-24-19/h2-8,11,21H,10H2,1H3,(H,22,23)/t19-/m1/s1. The van der Waals surface area contributed by atoms with Gasteiger partial charge in [-0.15, -0.1) is 0 Å². The lowest BCUT2D eigenvalue weighted by Crippen LogP contribution is -2.27. The van der Waals surface area contributed by atoms with E-state index >= 15 is 0 Å². The molecule has 6 heteroatoms. The molecule has 1 aliphatic heterocycles. The Kier molecular flexibility index (Phi) is 3.68. The van der Waals surface area contributed by atoms with Crippen molar-refractivity contribution in [3.8, 4) is 17.3 Å². The fourth-order valence-corrected chi connectivity index (χ4v) is 3.85. The second-order valence-corrected chi connectivity index (χ2v) is 6.82. The van der Waals surface area contributed by atoms with E-state index in [1.807, 2.05) is 48.0 Å². The first-order valence-corrected chi connectivity index (χ1v) is 8.75. The van der Waals surface area contributed by atoms with Gasteiger partial charge >= 0.3 is 0 Å². The molecule has 0 bridgehead atoms. The van der Waals surface area contributed by atoms with Crippen LogP contribution in [0.3, 0.4) is 0 Å². The van der Waals surface area contributed by atoms with E-state index in [0.29, 0.717) is 5.69 Å². The molecule has 25 heavy (non-hydrogen) atoms. The van der Waals surface area contributed by atoms with Crippen molar-refractivity contribution in [3.63, 3.8) is 0 Å². The zero-order chi connectivity index (χ0) is 17.4. The molecule has 0 radical (unpaired) electrons. The lowest BCUT2D eigenvalue weighted by molar-refractivity contribution is -0.124. The fraction of sp³-hybridized carbons (Fsp3) is 0.158. The average Bonchev–Trinajstić information content (AvgIpc) is 3.30. The molecule has 0 aliphatic carbocycles. The molecular weight excluding hydrogens is 334 g/mol. The lowest BCUT2D eigenvalue weighted by Gasteiger charge is -2.29. The second-order valence-electron chi connectivity index (χ2n) is 6.04. The van der Waals surface area contributed by atoms with Crippen LogP contribution in [0, 0.1) is 11.3 Å². The number of amides is 1. The van der Waals surface area contributed by atoms with E-state index in [-0.39, 0.29) is 12.5 Å². The maximum absolute atomic E-state index is 12.0. The summed E-state index contributed by atoms with van der Waals surface area (Å²) in [6.45, 7) is 1.98. The minimum atomic E-state index is -0.727. The number of aromatic nitrogens is 1. The van der Waals surface area contributed by atoms with E-state index in [4.69, 9.17) is 10.00 Å². The number of fused-ring (bicyclic) bond motifs is 1. The van der Waals surface area contributed by atoms with Gasteiger partial charge < -0.3 is 15.0 Å². The molecule has 1 aromatic carbocycles. The van der Waals surface area contributed by atoms with Crippen molar-refractivity contribution < 1.29 is 9.53 Å². The maximum Gasteiger partial charge on any atom is 0.250 e. The van der Waals surface area contributed by atoms with Crippen LogP contribution < -0.4 is 5.32 Å². The van der Waals surface area contributed by atoms with Gasteiger partial charge in [0.1, 0.15) is 24.0 Å². The van der Waals surface area contributed by atoms with Gasteiger partial charge in [0.2, 0.25) is 5.91 Å². The van der Waals surface area contributed by atoms with Crippen molar-refractivity contribution in [1.29, 1.82) is 5.26 Å². The van der Waals surface area contributed by atoms with E-state index in [1.54, 1.807) is 17.4 Å². The molecule has 0 unspecified atom stereocenters. The van der Waals surface area contributed by atoms with Crippen LogP contribution in [0.15, 0.2) is 47.2 Å². The van der Waals surface area contributed by atoms with Crippen LogP contribution in [0.1, 0.15) is 23.7 Å². The Morgan fingerprint density at radius 1 is 1.28 bits per heavy atom. The van der Waals surface area contributed by atoms with Crippen molar-refractivity contribution in [2.45, 2.75) is 12.5 Å². The summed E-state index contributed by atoms with van der Waals surface area (Å²) in [4.78, 5) is 15.1. The number of aromatic amines is 1. The highest BCUT2D eigenvalue weighted by Crippen LogP contribution is 2.41. The van der Waals surface area contributed by atoms with E-state index in [9.17, 15) is 4.79 Å². The fourth-order valence-electron chi connectivity index (χ4n) is 3.09. The predicted molar refractivity (Wildman–Crippen MR) is 96.3 cm³/mol. The molecule has 1 atom stereocenters. The van der Waals surface area contributed by atoms with Gasteiger partial charge in [-0.3, -0.25) is 4.79 Å². The summed E-state index contributed by atoms with van der Waals surface area (Å²) in [6, 6.07) is 13.5. The smallest absolute Gasteiger partial charge is 0.250 e. The van der Waals surface area contributed by atoms with Crippen LogP contribution in [-0.2, 0) is 15.1 Å². The topological polar surface area (TPSA) is 77.9 Å². The number of hydrogen-bond acceptors (Lipinski definition) is 4. The van der Waals surface area contributed by atoms with E-state index < -0.39 is 5.60 Å². The number of carbonyl (C=O) groups is 1. The highest BCUT2D eigenvalue weighted by molar-refractivity contribution is 7.08. The minimum absolute atomic E-state index is 0.00254. The van der Waals surface area contributed by atoms with Gasteiger partial charge in [-0.05, 0) is 59.1 Å². The first-order valence-electron chi connectivity index (χ1n) is 7.80. The third-order valence-corrected chi connectivity index (χ3v) is 5.17. The molecule has 1 amide bonds. The van der Waals surface area contributed by atoms with Crippen LogP contribution in [0.4, 0.5) is 5.69 Å². The Morgan fingerprint density at radius 3 is 2.88 bits per heavy atom. The number of benzene rings is 1. The van der Waals surface area contributed by atoms with Crippen molar-refractivity contribution in [3.05, 3.63) is 64.0 Å². The number of rotatable bonds is 2. The number of nitrogens with zero attached hydrogens (tertiary/aromatic N) is 1. The SMILES string of the molecule is C[C@]1(c2ccsc2)OCC(=O)Nc2ccc(-c3ccc(C#N)[nH]3)cc21. The molecule has 0 fully saturated rings. The summed E-state index contributed by atoms with van der Waals surface area (Å²) in [6.07, 6.45) is 0. The molecule has 2 N–H and O–H groups in total. The maximum atomic E-state index is 12.0. The van der Waals surface area contributed by atoms with Crippen molar-refractivity contribution in [2.24, 2.45) is 0 Å². The second kappa shape index (κ2) is 5.88. The number of H-pyrrole nitrogens is 1. The number of thiophene rings is 1. The van der Waals surface area contributed by atoms with Crippen LogP contribution in [0.2, 0.25) is 0 Å². The molecule has 124 valence electrons. The lowest BCUT2D eigenvalue weighted by atomic mass is 9.87. The zero-order valence-electron chi connectivity index (χ0n) is 13.5. The van der Waals surface area contributed by atoms with Crippen LogP contribution >= 0.6 is 11.3 Å². The van der Waals surface area contributed by atoms with Crippen LogP contribution in [0.25, 0.3) is 11.3 Å². The third kappa shape index (κ3) is 2.64. The number of carbonyl (C=O) groups excluding carboxylic acids is 1. The quantitative estimate of drug-likeness (QED) is 0.738. The first-order chi connectivity index (χ1) is 12.1. The Morgan fingerprint density at radius 2 is 2.16 bits per heavy atom. The predicted octanol–water partition coefficient (Wildman–Crippen LogP) is 3.85. The van der Waals surface area contributed by atoms with Gasteiger partial charge in [0.25, 0.3) is 0 Å². The third-order valence-electron chi connectivity index (χ3n) is 4.49. The van der Waals surface area contributed by atoms with Gasteiger partial charge in [-0.1, -0.05) is 6.07 Å². The minimum Gasteiger partial charge on any atom is -0.356 e. The van der Waals surface area contributed by atoms with E-state index in [1.165, 1.54) is 0 Å². The van der Waals surface area contributed by atoms with Crippen molar-refractivity contribution in [2.75, 3.05) is 11.9 Å². The largest absolute Gasteiger partial charge is 0.356 e. The highest BCUT2D eigenvalue weighted by Gasteiger charge is 2.36. The summed E-state index contributed by atoms with van der Waals surface area (Å²) in [5.41, 5.74) is 4.21. The number of anilines is 1. The molecule has 0 saturated carbocycles. The Labute approximate surface area is 148 Å². The Bertz CT molecular complexity index is 985. The molecule has 3 heterocycles. The molecular formula is C19H15N3O2S. The molecule has 4 rings (SSSR count). The summed E-state index contributed by atoms with van der Waals surface area (Å²) < 4.78 is 6.02. The monoisotopic (exact) mass is 349 g/mol. The Hall–Kier alpha value is -2.88. The van der Waals surface area contributed by atoms with E-state index in [2.05, 4.69) is 16.4 Å². The average molecular weight is 349 g/mol. The molecule has 5 nitrogen and oxygen atoms in total. The number of nitrogens with one attached hydrogen (secondary N) is 2. The summed E-state index contributed by atoms with van der Waals surface area (Å²) >= 11 is 1.59. The number of hydrogen-bond donors (Lipinski definition) is 2. The Balaban J connectivity index is 1.89. The molecule has 2 aromatic heterocycles. The molecule has 0 spiro atoms. The normalized spacial score (nSPS) is 19.6. The summed E-state index contributed by atoms with van der Waals surface area (Å²) in [7, 11) is 0. The highest BCUT2D eigenvalue weighted by atomic mass is 32.1. The van der Waals surface area contributed by atoms with Crippen LogP contribution in [-0.4, -0.2) is 17.5 Å². The summed E-state index contributed by atoms with van der Waals surface area (Å²) in [5, 5.41) is 16.0. The molecule has 0 saturated heterocycles. The molecule has 3 aromatic rings.